The van der Waals surface area contributed by atoms with Gasteiger partial charge in [-0.05, 0) is 63.1 Å². The van der Waals surface area contributed by atoms with Crippen LogP contribution in [-0.4, -0.2) is 36.6 Å². The molecule has 0 saturated carbocycles. The number of pyridine rings is 1. The Hall–Kier alpha value is -0.930. The Bertz CT molecular complexity index is 311. The van der Waals surface area contributed by atoms with Gasteiger partial charge in [-0.1, -0.05) is 20.3 Å². The van der Waals surface area contributed by atoms with E-state index in [9.17, 15) is 0 Å². The Labute approximate surface area is 118 Å². The summed E-state index contributed by atoms with van der Waals surface area (Å²) in [4.78, 5) is 6.43. The molecule has 0 saturated heterocycles. The van der Waals surface area contributed by atoms with Gasteiger partial charge in [0.1, 0.15) is 0 Å². The highest BCUT2D eigenvalue weighted by Gasteiger charge is 2.00. The Morgan fingerprint density at radius 3 is 2.58 bits per heavy atom. The Morgan fingerprint density at radius 1 is 1.16 bits per heavy atom. The molecule has 0 fully saturated rings. The van der Waals surface area contributed by atoms with Crippen molar-refractivity contribution in [3.63, 3.8) is 0 Å². The highest BCUT2D eigenvalue weighted by atomic mass is 15.1. The first kappa shape index (κ1) is 16.1. The molecule has 0 aliphatic heterocycles. The summed E-state index contributed by atoms with van der Waals surface area (Å²) in [6.07, 6.45) is 7.61. The molecule has 108 valence electrons. The minimum atomic E-state index is 0.756. The summed E-state index contributed by atoms with van der Waals surface area (Å²) in [5, 5.41) is 3.49. The number of rotatable bonds is 10. The zero-order chi connectivity index (χ0) is 13.9. The number of nitrogens with zero attached hydrogens (tertiary/aromatic N) is 2. The van der Waals surface area contributed by atoms with Crippen LogP contribution in [0.1, 0.15) is 38.7 Å². The Balaban J connectivity index is 1.97. The van der Waals surface area contributed by atoms with Gasteiger partial charge in [0, 0.05) is 18.9 Å². The number of aromatic nitrogens is 1. The van der Waals surface area contributed by atoms with Crippen molar-refractivity contribution in [3.8, 4) is 0 Å². The third kappa shape index (κ3) is 8.73. The van der Waals surface area contributed by atoms with Crippen molar-refractivity contribution in [1.82, 2.24) is 15.2 Å². The van der Waals surface area contributed by atoms with Crippen LogP contribution in [0.5, 0.6) is 0 Å². The van der Waals surface area contributed by atoms with E-state index < -0.39 is 0 Å². The first-order valence-corrected chi connectivity index (χ1v) is 7.46. The molecule has 0 aromatic carbocycles. The highest BCUT2D eigenvalue weighted by molar-refractivity contribution is 5.09. The van der Waals surface area contributed by atoms with Crippen molar-refractivity contribution >= 4 is 0 Å². The number of hydrogen-bond acceptors (Lipinski definition) is 3. The smallest absolute Gasteiger partial charge is 0.0271 e. The van der Waals surface area contributed by atoms with Crippen molar-refractivity contribution < 1.29 is 0 Å². The second-order valence-corrected chi connectivity index (χ2v) is 5.75. The van der Waals surface area contributed by atoms with Gasteiger partial charge in [0.15, 0.2) is 0 Å². The molecule has 1 N–H and O–H groups in total. The molecule has 0 bridgehead atoms. The van der Waals surface area contributed by atoms with Crippen molar-refractivity contribution in [2.45, 2.75) is 39.7 Å². The number of nitrogens with one attached hydrogen (secondary N) is 1. The van der Waals surface area contributed by atoms with Crippen LogP contribution in [0.4, 0.5) is 0 Å². The molecule has 0 aliphatic carbocycles. The maximum Gasteiger partial charge on any atom is 0.0271 e. The lowest BCUT2D eigenvalue weighted by Crippen LogP contribution is -2.21. The summed E-state index contributed by atoms with van der Waals surface area (Å²) in [5.41, 5.74) is 1.34. The summed E-state index contributed by atoms with van der Waals surface area (Å²) in [5.74, 6) is 0.756. The minimum Gasteiger partial charge on any atom is -0.316 e. The molecule has 0 aliphatic rings. The lowest BCUT2D eigenvalue weighted by molar-refractivity contribution is 0.316. The van der Waals surface area contributed by atoms with Gasteiger partial charge in [-0.25, -0.2) is 0 Å². The van der Waals surface area contributed by atoms with Crippen LogP contribution < -0.4 is 5.32 Å². The monoisotopic (exact) mass is 263 g/mol. The van der Waals surface area contributed by atoms with Crippen molar-refractivity contribution in [2.75, 3.05) is 26.7 Å². The van der Waals surface area contributed by atoms with Gasteiger partial charge in [0.2, 0.25) is 0 Å². The molecule has 1 aromatic rings. The van der Waals surface area contributed by atoms with E-state index in [4.69, 9.17) is 0 Å². The Kier molecular flexibility index (Phi) is 8.43. The summed E-state index contributed by atoms with van der Waals surface area (Å²) in [6.45, 7) is 9.00. The molecule has 0 unspecified atom stereocenters. The molecule has 3 nitrogen and oxygen atoms in total. The third-order valence-corrected chi connectivity index (χ3v) is 3.15. The van der Waals surface area contributed by atoms with Crippen molar-refractivity contribution in [2.24, 2.45) is 5.92 Å². The molecule has 0 spiro atoms. The first-order chi connectivity index (χ1) is 9.18. The van der Waals surface area contributed by atoms with Crippen molar-refractivity contribution in [3.05, 3.63) is 30.1 Å². The standard InChI is InChI=1S/C16H29N3/c1-15(2)13-18-9-5-4-6-12-19(3)14-16-7-10-17-11-8-16/h7-8,10-11,15,18H,4-6,9,12-14H2,1-3H3. The van der Waals surface area contributed by atoms with Crippen LogP contribution in [0.15, 0.2) is 24.5 Å². The van der Waals surface area contributed by atoms with E-state index in [1.807, 2.05) is 12.4 Å². The van der Waals surface area contributed by atoms with Gasteiger partial charge < -0.3 is 10.2 Å². The van der Waals surface area contributed by atoms with Gasteiger partial charge in [0.05, 0.1) is 0 Å². The first-order valence-electron chi connectivity index (χ1n) is 7.46. The average molecular weight is 263 g/mol. The van der Waals surface area contributed by atoms with E-state index in [0.717, 1.165) is 25.6 Å². The number of unbranched alkanes of at least 4 members (excludes halogenated alkanes) is 2. The second-order valence-electron chi connectivity index (χ2n) is 5.75. The molecule has 0 radical (unpaired) electrons. The van der Waals surface area contributed by atoms with Crippen LogP contribution in [0.3, 0.4) is 0 Å². The molecule has 0 amide bonds. The maximum absolute atomic E-state index is 4.04. The molecule has 1 heterocycles. The summed E-state index contributed by atoms with van der Waals surface area (Å²) >= 11 is 0. The normalized spacial score (nSPS) is 11.4. The van der Waals surface area contributed by atoms with Crippen LogP contribution >= 0.6 is 0 Å². The third-order valence-electron chi connectivity index (χ3n) is 3.15. The molecule has 0 atom stereocenters. The van der Waals surface area contributed by atoms with Crippen LogP contribution in [0.2, 0.25) is 0 Å². The predicted molar refractivity (Wildman–Crippen MR) is 82.1 cm³/mol. The Morgan fingerprint density at radius 2 is 1.89 bits per heavy atom. The van der Waals surface area contributed by atoms with E-state index in [0.29, 0.717) is 0 Å². The maximum atomic E-state index is 4.04. The van der Waals surface area contributed by atoms with Gasteiger partial charge in [-0.3, -0.25) is 4.98 Å². The molecule has 19 heavy (non-hydrogen) atoms. The lowest BCUT2D eigenvalue weighted by Gasteiger charge is -2.16. The summed E-state index contributed by atoms with van der Waals surface area (Å²) in [7, 11) is 2.19. The fourth-order valence-corrected chi connectivity index (χ4v) is 2.08. The van der Waals surface area contributed by atoms with Gasteiger partial charge >= 0.3 is 0 Å². The highest BCUT2D eigenvalue weighted by Crippen LogP contribution is 2.03. The average Bonchev–Trinajstić information content (AvgIpc) is 2.38. The minimum absolute atomic E-state index is 0.756. The van der Waals surface area contributed by atoms with Crippen LogP contribution in [-0.2, 0) is 6.54 Å². The SMILES string of the molecule is CC(C)CNCCCCCN(C)Cc1ccncc1. The second kappa shape index (κ2) is 9.93. The zero-order valence-electron chi connectivity index (χ0n) is 12.7. The molecule has 3 heteroatoms. The predicted octanol–water partition coefficient (Wildman–Crippen LogP) is 2.93. The van der Waals surface area contributed by atoms with E-state index in [2.05, 4.69) is 48.2 Å². The number of hydrogen-bond donors (Lipinski definition) is 1. The van der Waals surface area contributed by atoms with Crippen LogP contribution in [0.25, 0.3) is 0 Å². The summed E-state index contributed by atoms with van der Waals surface area (Å²) in [6, 6.07) is 4.18. The van der Waals surface area contributed by atoms with E-state index in [1.54, 1.807) is 0 Å². The topological polar surface area (TPSA) is 28.2 Å². The lowest BCUT2D eigenvalue weighted by atomic mass is 10.2. The van der Waals surface area contributed by atoms with E-state index in [-0.39, 0.29) is 0 Å². The van der Waals surface area contributed by atoms with Gasteiger partial charge in [-0.15, -0.1) is 0 Å². The van der Waals surface area contributed by atoms with Crippen LogP contribution in [0, 0.1) is 5.92 Å². The van der Waals surface area contributed by atoms with Gasteiger partial charge in [0.25, 0.3) is 0 Å². The van der Waals surface area contributed by atoms with Crippen molar-refractivity contribution in [1.29, 1.82) is 0 Å². The fourth-order valence-electron chi connectivity index (χ4n) is 2.08. The molecule has 1 aromatic heterocycles. The zero-order valence-corrected chi connectivity index (χ0v) is 12.7. The summed E-state index contributed by atoms with van der Waals surface area (Å²) < 4.78 is 0. The molecular weight excluding hydrogens is 234 g/mol. The molecule has 1 rings (SSSR count). The van der Waals surface area contributed by atoms with E-state index in [1.165, 1.54) is 31.4 Å². The molecular formula is C16H29N3. The quantitative estimate of drug-likeness (QED) is 0.658. The largest absolute Gasteiger partial charge is 0.316 e. The fraction of sp³-hybridized carbons (Fsp3) is 0.688. The van der Waals surface area contributed by atoms with E-state index >= 15 is 0 Å². The van der Waals surface area contributed by atoms with Gasteiger partial charge in [-0.2, -0.15) is 0 Å².